The first-order chi connectivity index (χ1) is 33.5. The van der Waals surface area contributed by atoms with Gasteiger partial charge in [-0.2, -0.15) is 20.4 Å². The van der Waals surface area contributed by atoms with E-state index in [-0.39, 0.29) is 24.6 Å². The maximum absolute atomic E-state index is 14.1. The topological polar surface area (TPSA) is 110 Å². The van der Waals surface area contributed by atoms with Gasteiger partial charge in [0.15, 0.2) is 0 Å². The molecule has 10 rings (SSSR count). The van der Waals surface area contributed by atoms with E-state index in [1.807, 2.05) is 71.5 Å². The number of hydrogen-bond acceptors (Lipinski definition) is 7. The van der Waals surface area contributed by atoms with Crippen LogP contribution >= 0.6 is 0 Å². The van der Waals surface area contributed by atoms with Crippen LogP contribution in [-0.4, -0.2) is 44.2 Å². The van der Waals surface area contributed by atoms with Crippen LogP contribution in [0.3, 0.4) is 0 Å². The number of alkyl halides is 4. The van der Waals surface area contributed by atoms with E-state index in [0.29, 0.717) is 65.2 Å². The van der Waals surface area contributed by atoms with E-state index in [0.717, 1.165) is 42.6 Å². The van der Waals surface area contributed by atoms with Crippen LogP contribution in [-0.2, 0) is 55.4 Å². The third-order valence-corrected chi connectivity index (χ3v) is 11.9. The maximum Gasteiger partial charge on any atom is 0.282 e. The van der Waals surface area contributed by atoms with E-state index in [4.69, 9.17) is 9.47 Å². The number of rotatable bonds is 20. The van der Waals surface area contributed by atoms with Gasteiger partial charge in [0.05, 0.1) is 55.9 Å². The molecular formula is C52H50F6N8O3. The predicted octanol–water partition coefficient (Wildman–Crippen LogP) is 11.2. The summed E-state index contributed by atoms with van der Waals surface area (Å²) >= 11 is 0. The van der Waals surface area contributed by atoms with Crippen LogP contribution in [0.2, 0.25) is 0 Å². The van der Waals surface area contributed by atoms with Crippen molar-refractivity contribution in [1.82, 2.24) is 39.1 Å². The summed E-state index contributed by atoms with van der Waals surface area (Å²) in [6.07, 6.45) is 5.30. The second kappa shape index (κ2) is 21.6. The first-order valence-corrected chi connectivity index (χ1v) is 22.8. The molecule has 4 aromatic carbocycles. The third-order valence-electron chi connectivity index (χ3n) is 11.9. The van der Waals surface area contributed by atoms with Gasteiger partial charge in [-0.25, -0.2) is 35.7 Å². The highest BCUT2D eigenvalue weighted by Gasteiger charge is 2.27. The van der Waals surface area contributed by atoms with Gasteiger partial charge in [-0.3, -0.25) is 9.36 Å². The summed E-state index contributed by atoms with van der Waals surface area (Å²) in [7, 11) is 0. The Labute approximate surface area is 394 Å². The lowest BCUT2D eigenvalue weighted by molar-refractivity contribution is 0.106. The second-order valence-corrected chi connectivity index (χ2v) is 17.5. The lowest BCUT2D eigenvalue weighted by Gasteiger charge is -2.16. The maximum atomic E-state index is 14.1. The van der Waals surface area contributed by atoms with Crippen molar-refractivity contribution in [3.63, 3.8) is 0 Å². The van der Waals surface area contributed by atoms with Crippen LogP contribution in [0.5, 0.6) is 0 Å². The normalized spacial score (nSPS) is 14.1. The van der Waals surface area contributed by atoms with E-state index < -0.39 is 36.3 Å². The molecular weight excluding hydrogens is 899 g/mol. The zero-order valence-electron chi connectivity index (χ0n) is 37.5. The van der Waals surface area contributed by atoms with Gasteiger partial charge in [0.2, 0.25) is 0 Å². The number of ether oxygens (including phenoxy) is 2. The molecule has 4 aromatic heterocycles. The number of hydrogen-bond donors (Lipinski definition) is 1. The van der Waals surface area contributed by atoms with Crippen LogP contribution in [0.15, 0.2) is 134 Å². The van der Waals surface area contributed by atoms with Crippen molar-refractivity contribution in [2.75, 3.05) is 0 Å². The highest BCUT2D eigenvalue weighted by atomic mass is 19.3. The van der Waals surface area contributed by atoms with Gasteiger partial charge in [-0.05, 0) is 103 Å². The molecule has 0 saturated heterocycles. The number of benzene rings is 4. The highest BCUT2D eigenvalue weighted by molar-refractivity contribution is 5.45. The van der Waals surface area contributed by atoms with Crippen LogP contribution in [0.25, 0.3) is 11.4 Å². The molecule has 2 aliphatic rings. The molecule has 8 aromatic rings. The van der Waals surface area contributed by atoms with Gasteiger partial charge < -0.3 is 14.6 Å². The van der Waals surface area contributed by atoms with Gasteiger partial charge in [0, 0.05) is 54.3 Å². The summed E-state index contributed by atoms with van der Waals surface area (Å²) in [5.74, 6) is 0.359. The number of aliphatic hydroxyl groups is 1. The molecule has 17 heteroatoms. The Morgan fingerprint density at radius 3 is 1.62 bits per heavy atom. The van der Waals surface area contributed by atoms with Crippen molar-refractivity contribution in [3.8, 4) is 11.4 Å². The average molecular weight is 949 g/mol. The smallest absolute Gasteiger partial charge is 0.282 e. The minimum absolute atomic E-state index is 0.0285. The monoisotopic (exact) mass is 948 g/mol. The molecule has 2 fully saturated rings. The van der Waals surface area contributed by atoms with Crippen LogP contribution in [0.4, 0.5) is 26.3 Å². The Bertz CT molecular complexity index is 2930. The quantitative estimate of drug-likeness (QED) is 0.0758. The third kappa shape index (κ3) is 12.5. The minimum atomic E-state index is -2.84. The Morgan fingerprint density at radius 2 is 1.07 bits per heavy atom. The summed E-state index contributed by atoms with van der Waals surface area (Å²) in [5.41, 5.74) is 5.06. The van der Waals surface area contributed by atoms with E-state index in [1.54, 1.807) is 23.1 Å². The minimum Gasteiger partial charge on any atom is -0.382 e. The van der Waals surface area contributed by atoms with Crippen LogP contribution in [0.1, 0.15) is 101 Å². The lowest BCUT2D eigenvalue weighted by Crippen LogP contribution is -2.11. The van der Waals surface area contributed by atoms with Crippen molar-refractivity contribution in [2.45, 2.75) is 90.6 Å². The first kappa shape index (κ1) is 47.3. The van der Waals surface area contributed by atoms with E-state index in [1.165, 1.54) is 70.9 Å². The van der Waals surface area contributed by atoms with Gasteiger partial charge >= 0.3 is 0 Å². The van der Waals surface area contributed by atoms with Crippen LogP contribution in [0, 0.1) is 23.5 Å². The SMILES string of the molecule is Fc1ccc(-n2nc(C(F)F)cc2Cc2cnn(CC3CC3)c2)c(COCc2ccccc2)c1.OC(c1cnn(CC2CC2)c1)c1cc(C(F)F)nn1-c1ccc(F)cc1COCc1ccccc1. The van der Waals surface area contributed by atoms with Crippen molar-refractivity contribution in [3.05, 3.63) is 202 Å². The van der Waals surface area contributed by atoms with Crippen LogP contribution < -0.4 is 0 Å². The number of aliphatic hydroxyl groups excluding tert-OH is 1. The molecule has 4 heterocycles. The van der Waals surface area contributed by atoms with Gasteiger partial charge in [0.1, 0.15) is 29.1 Å². The van der Waals surface area contributed by atoms with E-state index in [9.17, 15) is 31.4 Å². The summed E-state index contributed by atoms with van der Waals surface area (Å²) in [4.78, 5) is 0. The van der Waals surface area contributed by atoms with Crippen molar-refractivity contribution >= 4 is 0 Å². The first-order valence-electron chi connectivity index (χ1n) is 22.8. The molecule has 1 N–H and O–H groups in total. The van der Waals surface area contributed by atoms with Gasteiger partial charge in [-0.15, -0.1) is 0 Å². The molecule has 0 radical (unpaired) electrons. The van der Waals surface area contributed by atoms with Gasteiger partial charge in [0.25, 0.3) is 12.9 Å². The van der Waals surface area contributed by atoms with Crippen molar-refractivity contribution in [2.24, 2.45) is 11.8 Å². The Morgan fingerprint density at radius 1 is 0.565 bits per heavy atom. The molecule has 1 unspecified atom stereocenters. The zero-order chi connectivity index (χ0) is 47.9. The molecule has 2 aliphatic carbocycles. The number of nitrogens with zero attached hydrogens (tertiary/aromatic N) is 8. The van der Waals surface area contributed by atoms with Crippen molar-refractivity contribution < 1.29 is 40.9 Å². The molecule has 69 heavy (non-hydrogen) atoms. The Hall–Kier alpha value is -6.82. The molecule has 2 saturated carbocycles. The largest absolute Gasteiger partial charge is 0.382 e. The number of aromatic nitrogens is 8. The molecule has 358 valence electrons. The fourth-order valence-corrected chi connectivity index (χ4v) is 7.98. The summed E-state index contributed by atoms with van der Waals surface area (Å²) in [5, 5.41) is 28.0. The van der Waals surface area contributed by atoms with Gasteiger partial charge in [-0.1, -0.05) is 60.7 Å². The molecule has 0 amide bonds. The molecule has 1 atom stereocenters. The molecule has 0 spiro atoms. The number of halogens is 6. The van der Waals surface area contributed by atoms with Crippen molar-refractivity contribution in [1.29, 1.82) is 0 Å². The molecule has 0 bridgehead atoms. The Balaban J connectivity index is 0.000000172. The highest BCUT2D eigenvalue weighted by Crippen LogP contribution is 2.34. The standard InChI is InChI=1S/C26H25F3N4O2.C26H25F3N4O/c27-21-8-9-23(19(10-21)16-35-15-18-4-2-1-3-5-18)33-24(11-22(31-33)26(28)29)25(34)20-12-30-32(14-20)13-17-6-7-17;27-22-8-9-25(21(11-22)17-34-16-19-4-2-1-3-5-19)33-23(12-24(31-33)26(28)29)10-20-13-30-32(15-20)14-18-6-7-18/h1-5,8-12,14,17,25-26,34H,6-7,13,15-16H2;1-5,8-9,11-13,15,18,26H,6-7,10,14,16-17H2. The zero-order valence-corrected chi connectivity index (χ0v) is 37.5. The summed E-state index contributed by atoms with van der Waals surface area (Å²) in [6, 6.07) is 29.9. The molecule has 11 nitrogen and oxygen atoms in total. The molecule has 0 aliphatic heterocycles. The fraction of sp³-hybridized carbons (Fsp3) is 0.308. The predicted molar refractivity (Wildman–Crippen MR) is 244 cm³/mol. The second-order valence-electron chi connectivity index (χ2n) is 17.5. The summed E-state index contributed by atoms with van der Waals surface area (Å²) in [6.45, 7) is 2.43. The van der Waals surface area contributed by atoms with E-state index >= 15 is 0 Å². The fourth-order valence-electron chi connectivity index (χ4n) is 7.98. The summed E-state index contributed by atoms with van der Waals surface area (Å²) < 4.78 is 100. The Kier molecular flexibility index (Phi) is 14.8. The average Bonchev–Trinajstić information content (AvgIpc) is 4.08. The lowest BCUT2D eigenvalue weighted by atomic mass is 10.1. The van der Waals surface area contributed by atoms with E-state index in [2.05, 4.69) is 20.4 Å².